The van der Waals surface area contributed by atoms with Crippen molar-refractivity contribution in [3.63, 3.8) is 0 Å². The fraction of sp³-hybridized carbons (Fsp3) is 0.375. The summed E-state index contributed by atoms with van der Waals surface area (Å²) in [7, 11) is -3.52. The molecule has 0 bridgehead atoms. The van der Waals surface area contributed by atoms with E-state index in [2.05, 4.69) is 5.32 Å². The zero-order valence-corrected chi connectivity index (χ0v) is 19.9. The molecule has 0 saturated carbocycles. The van der Waals surface area contributed by atoms with Crippen LogP contribution in [0.1, 0.15) is 17.5 Å². The fourth-order valence-corrected chi connectivity index (χ4v) is 6.36. The van der Waals surface area contributed by atoms with E-state index in [1.807, 2.05) is 6.07 Å². The second kappa shape index (κ2) is 8.97. The molecule has 3 heterocycles. The van der Waals surface area contributed by atoms with Gasteiger partial charge >= 0.3 is 6.03 Å². The summed E-state index contributed by atoms with van der Waals surface area (Å²) in [5, 5.41) is 2.78. The first-order valence-corrected chi connectivity index (χ1v) is 13.1. The normalized spacial score (nSPS) is 22.6. The third-order valence-corrected chi connectivity index (χ3v) is 8.58. The first-order chi connectivity index (χ1) is 16.8. The summed E-state index contributed by atoms with van der Waals surface area (Å²) in [5.74, 6) is -0.438. The van der Waals surface area contributed by atoms with Crippen LogP contribution in [0, 0.1) is 0 Å². The highest BCUT2D eigenvalue weighted by Gasteiger charge is 2.55. The molecule has 5 rings (SSSR count). The summed E-state index contributed by atoms with van der Waals surface area (Å²) in [6, 6.07) is 15.4. The Morgan fingerprint density at radius 3 is 2.40 bits per heavy atom. The number of hydrogen-bond donors (Lipinski definition) is 1. The summed E-state index contributed by atoms with van der Waals surface area (Å²) in [6.07, 6.45) is 0.275. The maximum absolute atomic E-state index is 13.4. The predicted octanol–water partition coefficient (Wildman–Crippen LogP) is 0.890. The van der Waals surface area contributed by atoms with Crippen molar-refractivity contribution in [3.05, 3.63) is 65.7 Å². The summed E-state index contributed by atoms with van der Waals surface area (Å²) < 4.78 is 32.6. The van der Waals surface area contributed by atoms with Crippen molar-refractivity contribution in [2.24, 2.45) is 0 Å². The molecule has 1 atom stereocenters. The van der Waals surface area contributed by atoms with Gasteiger partial charge in [0.05, 0.1) is 12.4 Å². The highest BCUT2D eigenvalue weighted by molar-refractivity contribution is 7.88. The highest BCUT2D eigenvalue weighted by atomic mass is 32.2. The molecule has 1 N–H and O–H groups in total. The molecule has 3 aliphatic heterocycles. The van der Waals surface area contributed by atoms with Crippen molar-refractivity contribution in [2.75, 3.05) is 39.3 Å². The number of carbonyl (C=O) groups is 3. The molecule has 4 amide bonds. The van der Waals surface area contributed by atoms with Crippen LogP contribution in [0.25, 0.3) is 0 Å². The van der Waals surface area contributed by atoms with Crippen molar-refractivity contribution < 1.29 is 27.5 Å². The van der Waals surface area contributed by atoms with Crippen LogP contribution in [-0.4, -0.2) is 79.7 Å². The van der Waals surface area contributed by atoms with Gasteiger partial charge < -0.3 is 15.0 Å². The number of ether oxygens (including phenoxy) is 1. The topological polar surface area (TPSA) is 116 Å². The lowest BCUT2D eigenvalue weighted by molar-refractivity contribution is -0.140. The Bertz CT molecular complexity index is 1260. The van der Waals surface area contributed by atoms with E-state index < -0.39 is 40.0 Å². The zero-order valence-electron chi connectivity index (χ0n) is 19.1. The minimum absolute atomic E-state index is 0.0997. The van der Waals surface area contributed by atoms with Crippen molar-refractivity contribution in [3.8, 4) is 5.75 Å². The van der Waals surface area contributed by atoms with E-state index in [9.17, 15) is 22.8 Å². The number of fused-ring (bicyclic) bond motifs is 2. The second-order valence-electron chi connectivity index (χ2n) is 8.84. The molecule has 2 aromatic carbocycles. The highest BCUT2D eigenvalue weighted by Crippen LogP contribution is 2.40. The molecule has 0 aliphatic carbocycles. The Hall–Kier alpha value is -3.44. The number of amides is 4. The lowest BCUT2D eigenvalue weighted by Gasteiger charge is -2.35. The average Bonchev–Trinajstić information content (AvgIpc) is 3.09. The maximum Gasteiger partial charge on any atom is 0.325 e. The minimum Gasteiger partial charge on any atom is -0.493 e. The first-order valence-electron chi connectivity index (χ1n) is 11.5. The molecular formula is C24H26N4O6S. The number of piperazine rings is 1. The molecule has 0 unspecified atom stereocenters. The van der Waals surface area contributed by atoms with E-state index in [-0.39, 0.29) is 45.0 Å². The van der Waals surface area contributed by atoms with Crippen molar-refractivity contribution in [1.82, 2.24) is 19.4 Å². The number of sulfonamides is 1. The quantitative estimate of drug-likeness (QED) is 0.612. The number of para-hydroxylation sites is 1. The SMILES string of the molecule is O=C(CN1C(=O)N[C@]2(CCOc3ccccc32)C1=O)N1CCN(S(=O)(=O)Cc2ccccc2)CC1. The van der Waals surface area contributed by atoms with E-state index in [0.29, 0.717) is 16.9 Å². The van der Waals surface area contributed by atoms with Crippen LogP contribution in [0.5, 0.6) is 5.75 Å². The third kappa shape index (κ3) is 4.25. The molecule has 2 saturated heterocycles. The third-order valence-electron chi connectivity index (χ3n) is 6.73. The Kier molecular flexibility index (Phi) is 5.97. The van der Waals surface area contributed by atoms with E-state index >= 15 is 0 Å². The van der Waals surface area contributed by atoms with Crippen LogP contribution in [0.3, 0.4) is 0 Å². The Morgan fingerprint density at radius 2 is 1.66 bits per heavy atom. The van der Waals surface area contributed by atoms with Crippen molar-refractivity contribution in [2.45, 2.75) is 17.7 Å². The van der Waals surface area contributed by atoms with E-state index in [0.717, 1.165) is 4.90 Å². The fourth-order valence-electron chi connectivity index (χ4n) is 4.84. The van der Waals surface area contributed by atoms with Crippen LogP contribution >= 0.6 is 0 Å². The van der Waals surface area contributed by atoms with E-state index in [1.54, 1.807) is 48.5 Å². The lowest BCUT2D eigenvalue weighted by Crippen LogP contribution is -2.53. The molecule has 0 radical (unpaired) electrons. The molecule has 3 aliphatic rings. The van der Waals surface area contributed by atoms with Crippen LogP contribution in [0.2, 0.25) is 0 Å². The summed E-state index contributed by atoms with van der Waals surface area (Å²) in [5.41, 5.74) is 0.0427. The maximum atomic E-state index is 13.4. The predicted molar refractivity (Wildman–Crippen MR) is 126 cm³/mol. The van der Waals surface area contributed by atoms with Gasteiger partial charge in [0.25, 0.3) is 5.91 Å². The first kappa shape index (κ1) is 23.3. The van der Waals surface area contributed by atoms with Gasteiger partial charge in [0.1, 0.15) is 12.3 Å². The summed E-state index contributed by atoms with van der Waals surface area (Å²) >= 11 is 0. The number of hydrogen-bond acceptors (Lipinski definition) is 6. The number of urea groups is 1. The number of rotatable bonds is 5. The average molecular weight is 499 g/mol. The van der Waals surface area contributed by atoms with Gasteiger partial charge in [0.2, 0.25) is 15.9 Å². The number of imide groups is 1. The van der Waals surface area contributed by atoms with Gasteiger partial charge in [-0.25, -0.2) is 13.2 Å². The number of nitrogens with zero attached hydrogens (tertiary/aromatic N) is 3. The zero-order chi connectivity index (χ0) is 24.6. The smallest absolute Gasteiger partial charge is 0.325 e. The Labute approximate surface area is 203 Å². The van der Waals surface area contributed by atoms with Crippen LogP contribution in [0.15, 0.2) is 54.6 Å². The number of benzene rings is 2. The monoisotopic (exact) mass is 498 g/mol. The van der Waals surface area contributed by atoms with Gasteiger partial charge in [-0.05, 0) is 11.6 Å². The largest absolute Gasteiger partial charge is 0.493 e. The molecule has 1 spiro atoms. The molecule has 35 heavy (non-hydrogen) atoms. The lowest BCUT2D eigenvalue weighted by atomic mass is 9.84. The summed E-state index contributed by atoms with van der Waals surface area (Å²) in [4.78, 5) is 41.5. The van der Waals surface area contributed by atoms with Gasteiger partial charge in [-0.15, -0.1) is 0 Å². The Balaban J connectivity index is 1.22. The Morgan fingerprint density at radius 1 is 0.971 bits per heavy atom. The van der Waals surface area contributed by atoms with Gasteiger partial charge in [-0.3, -0.25) is 14.5 Å². The standard InChI is InChI=1S/C24H26N4O6S/c29-21(26-11-13-27(14-12-26)35(32,33)17-18-6-2-1-3-7-18)16-28-22(30)24(25-23(28)31)10-15-34-20-9-5-4-8-19(20)24/h1-9H,10-17H2,(H,25,31)/t24-/m0/s1. The van der Waals surface area contributed by atoms with Crippen LogP contribution < -0.4 is 10.1 Å². The molecule has 2 fully saturated rings. The van der Waals surface area contributed by atoms with Crippen molar-refractivity contribution >= 4 is 27.9 Å². The van der Waals surface area contributed by atoms with Gasteiger partial charge in [-0.2, -0.15) is 4.31 Å². The molecule has 0 aromatic heterocycles. The number of nitrogens with one attached hydrogen (secondary N) is 1. The van der Waals surface area contributed by atoms with E-state index in [4.69, 9.17) is 4.74 Å². The second-order valence-corrected chi connectivity index (χ2v) is 10.8. The summed E-state index contributed by atoms with van der Waals surface area (Å²) in [6.45, 7) is 0.582. The molecular weight excluding hydrogens is 472 g/mol. The van der Waals surface area contributed by atoms with Gasteiger partial charge in [0, 0.05) is 38.2 Å². The molecule has 184 valence electrons. The molecule has 2 aromatic rings. The van der Waals surface area contributed by atoms with Crippen LogP contribution in [-0.2, 0) is 30.9 Å². The molecule has 11 heteroatoms. The van der Waals surface area contributed by atoms with Gasteiger partial charge in [-0.1, -0.05) is 48.5 Å². The minimum atomic E-state index is -3.52. The van der Waals surface area contributed by atoms with Crippen LogP contribution in [0.4, 0.5) is 4.79 Å². The van der Waals surface area contributed by atoms with Crippen molar-refractivity contribution in [1.29, 1.82) is 0 Å². The number of carbonyl (C=O) groups excluding carboxylic acids is 3. The van der Waals surface area contributed by atoms with Gasteiger partial charge in [0.15, 0.2) is 5.54 Å². The van der Waals surface area contributed by atoms with E-state index in [1.165, 1.54) is 9.21 Å². The molecule has 10 nitrogen and oxygen atoms in total.